The Hall–Kier alpha value is -2.61. The Morgan fingerprint density at radius 2 is 1.92 bits per heavy atom. The van der Waals surface area contributed by atoms with E-state index in [0.717, 1.165) is 4.90 Å². The van der Waals surface area contributed by atoms with Crippen molar-refractivity contribution >= 4 is 41.0 Å². The Morgan fingerprint density at radius 1 is 1.28 bits per heavy atom. The van der Waals surface area contributed by atoms with Crippen molar-refractivity contribution in [2.24, 2.45) is 0 Å². The second kappa shape index (κ2) is 7.98. The molecule has 0 aromatic heterocycles. The number of hydrogen-bond acceptors (Lipinski definition) is 6. The monoisotopic (exact) mass is 368 g/mol. The minimum absolute atomic E-state index is 0.0801. The van der Waals surface area contributed by atoms with E-state index in [9.17, 15) is 19.2 Å². The predicted molar refractivity (Wildman–Crippen MR) is 88.1 cm³/mol. The van der Waals surface area contributed by atoms with E-state index in [1.165, 1.54) is 20.1 Å². The number of halogens is 1. The van der Waals surface area contributed by atoms with E-state index in [0.29, 0.717) is 16.5 Å². The molecule has 1 fully saturated rings. The maximum atomic E-state index is 12.2. The molecule has 1 saturated heterocycles. The summed E-state index contributed by atoms with van der Waals surface area (Å²) in [4.78, 5) is 47.8. The van der Waals surface area contributed by atoms with Gasteiger partial charge >= 0.3 is 5.97 Å². The number of amides is 3. The first-order chi connectivity index (χ1) is 11.8. The number of likely N-dealkylation sites (tertiary alicyclic amines) is 1. The van der Waals surface area contributed by atoms with Crippen LogP contribution in [0.25, 0.3) is 0 Å². The minimum atomic E-state index is -1.14. The number of hydrogen-bond donors (Lipinski definition) is 1. The number of rotatable bonds is 6. The topological polar surface area (TPSA) is 102 Å². The molecule has 0 aliphatic carbocycles. The fourth-order valence-corrected chi connectivity index (χ4v) is 2.40. The molecule has 1 aromatic rings. The molecule has 1 aliphatic heterocycles. The van der Waals surface area contributed by atoms with Crippen LogP contribution in [0.4, 0.5) is 5.69 Å². The maximum Gasteiger partial charge on any atom is 0.326 e. The molecule has 0 saturated carbocycles. The van der Waals surface area contributed by atoms with E-state index >= 15 is 0 Å². The lowest BCUT2D eigenvalue weighted by Crippen LogP contribution is -2.38. The number of imide groups is 1. The third kappa shape index (κ3) is 4.69. The molecule has 1 heterocycles. The Kier molecular flexibility index (Phi) is 5.97. The molecular weight excluding hydrogens is 352 g/mol. The molecule has 134 valence electrons. The lowest BCUT2D eigenvalue weighted by molar-refractivity contribution is -0.158. The van der Waals surface area contributed by atoms with Gasteiger partial charge in [-0.05, 0) is 25.1 Å². The smallest absolute Gasteiger partial charge is 0.326 e. The third-order valence-electron chi connectivity index (χ3n) is 3.54. The first-order valence-electron chi connectivity index (χ1n) is 7.49. The van der Waals surface area contributed by atoms with Gasteiger partial charge in [0, 0.05) is 17.9 Å². The molecule has 2 rings (SSSR count). The van der Waals surface area contributed by atoms with Gasteiger partial charge in [-0.15, -0.1) is 0 Å². The number of methoxy groups -OCH3 is 1. The Bertz CT molecular complexity index is 705. The van der Waals surface area contributed by atoms with Crippen molar-refractivity contribution < 1.29 is 28.7 Å². The zero-order valence-electron chi connectivity index (χ0n) is 13.7. The molecule has 1 atom stereocenters. The third-order valence-corrected chi connectivity index (χ3v) is 3.77. The van der Waals surface area contributed by atoms with Gasteiger partial charge in [0.25, 0.3) is 5.91 Å². The second-order valence-corrected chi connectivity index (χ2v) is 5.78. The van der Waals surface area contributed by atoms with Crippen molar-refractivity contribution in [3.8, 4) is 5.75 Å². The molecule has 25 heavy (non-hydrogen) atoms. The number of esters is 1. The minimum Gasteiger partial charge on any atom is -0.495 e. The van der Waals surface area contributed by atoms with Crippen LogP contribution < -0.4 is 10.1 Å². The molecule has 9 heteroatoms. The lowest BCUT2D eigenvalue weighted by atomic mass is 10.2. The van der Waals surface area contributed by atoms with Crippen LogP contribution in [0.1, 0.15) is 19.8 Å². The van der Waals surface area contributed by atoms with E-state index in [2.05, 4.69) is 5.32 Å². The van der Waals surface area contributed by atoms with Gasteiger partial charge in [-0.2, -0.15) is 0 Å². The van der Waals surface area contributed by atoms with E-state index < -0.39 is 36.3 Å². The number of benzene rings is 1. The lowest BCUT2D eigenvalue weighted by Gasteiger charge is -2.17. The highest BCUT2D eigenvalue weighted by molar-refractivity contribution is 6.31. The van der Waals surface area contributed by atoms with Crippen LogP contribution in [0.15, 0.2) is 18.2 Å². The summed E-state index contributed by atoms with van der Waals surface area (Å²) in [5.74, 6) is -1.91. The van der Waals surface area contributed by atoms with E-state index in [1.54, 1.807) is 12.1 Å². The summed E-state index contributed by atoms with van der Waals surface area (Å²) in [7, 11) is 1.44. The number of anilines is 1. The number of nitrogens with zero attached hydrogens (tertiary/aromatic N) is 1. The van der Waals surface area contributed by atoms with Crippen LogP contribution in [-0.4, -0.2) is 48.3 Å². The first-order valence-corrected chi connectivity index (χ1v) is 7.86. The summed E-state index contributed by atoms with van der Waals surface area (Å²) < 4.78 is 10.1. The van der Waals surface area contributed by atoms with Gasteiger partial charge in [0.2, 0.25) is 11.8 Å². The fraction of sp³-hybridized carbons (Fsp3) is 0.375. The Balaban J connectivity index is 1.94. The van der Waals surface area contributed by atoms with Gasteiger partial charge in [0.1, 0.15) is 12.3 Å². The number of ether oxygens (including phenoxy) is 2. The molecule has 1 N–H and O–H groups in total. The average molecular weight is 369 g/mol. The van der Waals surface area contributed by atoms with E-state index in [-0.39, 0.29) is 12.8 Å². The SMILES string of the molecule is COc1ccc(Cl)cc1NC(=O)C(C)OC(=O)CN1C(=O)CCC1=O. The predicted octanol–water partition coefficient (Wildman–Crippen LogP) is 1.37. The molecule has 1 aliphatic rings. The molecule has 3 amide bonds. The van der Waals surface area contributed by atoms with Crippen molar-refractivity contribution in [3.63, 3.8) is 0 Å². The quantitative estimate of drug-likeness (QED) is 0.601. The van der Waals surface area contributed by atoms with Gasteiger partial charge < -0.3 is 14.8 Å². The van der Waals surface area contributed by atoms with Crippen LogP contribution >= 0.6 is 11.6 Å². The van der Waals surface area contributed by atoms with Crippen molar-refractivity contribution in [2.45, 2.75) is 25.9 Å². The highest BCUT2D eigenvalue weighted by Crippen LogP contribution is 2.27. The number of nitrogens with one attached hydrogen (secondary N) is 1. The second-order valence-electron chi connectivity index (χ2n) is 5.34. The van der Waals surface area contributed by atoms with Crippen molar-refractivity contribution in [1.29, 1.82) is 0 Å². The van der Waals surface area contributed by atoms with Crippen molar-refractivity contribution in [2.75, 3.05) is 19.0 Å². The number of carbonyl (C=O) groups is 4. The summed E-state index contributed by atoms with van der Waals surface area (Å²) in [6, 6.07) is 4.68. The highest BCUT2D eigenvalue weighted by Gasteiger charge is 2.31. The van der Waals surface area contributed by atoms with Crippen LogP contribution in [0.3, 0.4) is 0 Å². The molecule has 8 nitrogen and oxygen atoms in total. The van der Waals surface area contributed by atoms with Gasteiger partial charge in [0.05, 0.1) is 12.8 Å². The summed E-state index contributed by atoms with van der Waals surface area (Å²) in [5, 5.41) is 2.94. The fourth-order valence-electron chi connectivity index (χ4n) is 2.23. The van der Waals surface area contributed by atoms with Crippen molar-refractivity contribution in [1.82, 2.24) is 4.90 Å². The highest BCUT2D eigenvalue weighted by atomic mass is 35.5. The Morgan fingerprint density at radius 3 is 2.52 bits per heavy atom. The summed E-state index contributed by atoms with van der Waals surface area (Å²) in [5.41, 5.74) is 0.327. The van der Waals surface area contributed by atoms with Crippen LogP contribution in [0.2, 0.25) is 5.02 Å². The standard InChI is InChI=1S/C16H17ClN2O6/c1-9(25-15(22)8-19-13(20)5-6-14(19)21)16(23)18-11-7-10(17)3-4-12(11)24-2/h3-4,7,9H,5-6,8H2,1-2H3,(H,18,23). The maximum absolute atomic E-state index is 12.2. The van der Waals surface area contributed by atoms with Crippen molar-refractivity contribution in [3.05, 3.63) is 23.2 Å². The van der Waals surface area contributed by atoms with Crippen LogP contribution in [-0.2, 0) is 23.9 Å². The number of carbonyl (C=O) groups excluding carboxylic acids is 4. The Labute approximate surface area is 149 Å². The molecule has 1 aromatic carbocycles. The van der Waals surface area contributed by atoms with Crippen LogP contribution in [0.5, 0.6) is 5.75 Å². The summed E-state index contributed by atoms with van der Waals surface area (Å²) in [6.45, 7) is 0.869. The first kappa shape index (κ1) is 18.7. The molecule has 0 bridgehead atoms. The van der Waals surface area contributed by atoms with Gasteiger partial charge in [-0.25, -0.2) is 0 Å². The largest absolute Gasteiger partial charge is 0.495 e. The van der Waals surface area contributed by atoms with Crippen LogP contribution in [0, 0.1) is 0 Å². The van der Waals surface area contributed by atoms with E-state index in [4.69, 9.17) is 21.1 Å². The molecule has 1 unspecified atom stereocenters. The normalized spacial score (nSPS) is 15.1. The summed E-state index contributed by atoms with van der Waals surface area (Å²) in [6.07, 6.45) is -0.975. The molecule has 0 radical (unpaired) electrons. The molecular formula is C16H17ClN2O6. The van der Waals surface area contributed by atoms with Gasteiger partial charge in [-0.3, -0.25) is 24.1 Å². The average Bonchev–Trinajstić information content (AvgIpc) is 2.87. The van der Waals surface area contributed by atoms with Gasteiger partial charge in [0.15, 0.2) is 6.10 Å². The van der Waals surface area contributed by atoms with E-state index in [1.807, 2.05) is 0 Å². The van der Waals surface area contributed by atoms with Gasteiger partial charge in [-0.1, -0.05) is 11.6 Å². The molecule has 0 spiro atoms. The summed E-state index contributed by atoms with van der Waals surface area (Å²) >= 11 is 5.88. The zero-order chi connectivity index (χ0) is 18.6. The zero-order valence-corrected chi connectivity index (χ0v) is 14.5.